The highest BCUT2D eigenvalue weighted by Crippen LogP contribution is 2.35. The number of hydrogen-bond acceptors (Lipinski definition) is 3. The van der Waals surface area contributed by atoms with Gasteiger partial charge in [-0.1, -0.05) is 23.2 Å². The van der Waals surface area contributed by atoms with E-state index in [1.165, 1.54) is 30.7 Å². The lowest BCUT2D eigenvalue weighted by Crippen LogP contribution is -2.17. The summed E-state index contributed by atoms with van der Waals surface area (Å²) in [6.45, 7) is 2.53. The number of fused-ring (bicyclic) bond motifs is 1. The molecular weight excluding hydrogens is 533 g/mol. The summed E-state index contributed by atoms with van der Waals surface area (Å²) in [5.41, 5.74) is -1.90. The molecule has 13 heteroatoms. The van der Waals surface area contributed by atoms with Gasteiger partial charge in [-0.15, -0.1) is 0 Å². The van der Waals surface area contributed by atoms with Gasteiger partial charge in [-0.05, 0) is 32.0 Å². The van der Waals surface area contributed by atoms with Crippen molar-refractivity contribution in [3.63, 3.8) is 0 Å². The molecule has 4 aromatic rings. The monoisotopic (exact) mass is 546 g/mol. The van der Waals surface area contributed by atoms with E-state index < -0.39 is 52.9 Å². The SMILES string of the molecule is Cc1nn(Cc2c(F)cc(F)cc2F)c(C)c1NC(=O)c1cc(C(F)(F)F)nc2c(Cl)cc(Cl)cc12. The van der Waals surface area contributed by atoms with Gasteiger partial charge < -0.3 is 5.32 Å². The Morgan fingerprint density at radius 1 is 1.03 bits per heavy atom. The van der Waals surface area contributed by atoms with Crippen LogP contribution in [-0.4, -0.2) is 20.7 Å². The fraction of sp³-hybridized carbons (Fsp3) is 0.174. The van der Waals surface area contributed by atoms with Crippen molar-refractivity contribution < 1.29 is 31.1 Å². The van der Waals surface area contributed by atoms with E-state index in [1.54, 1.807) is 0 Å². The molecule has 0 aliphatic heterocycles. The number of alkyl halides is 3. The third kappa shape index (κ3) is 4.85. The molecule has 0 bridgehead atoms. The first-order valence-corrected chi connectivity index (χ1v) is 10.9. The second-order valence-corrected chi connectivity index (χ2v) is 8.69. The summed E-state index contributed by atoms with van der Waals surface area (Å²) in [6.07, 6.45) is -4.87. The molecule has 0 saturated heterocycles. The summed E-state index contributed by atoms with van der Waals surface area (Å²) in [4.78, 5) is 16.7. The fourth-order valence-corrected chi connectivity index (χ4v) is 4.21. The number of aryl methyl sites for hydroxylation is 1. The van der Waals surface area contributed by atoms with Gasteiger partial charge in [-0.3, -0.25) is 9.48 Å². The molecule has 2 heterocycles. The maximum Gasteiger partial charge on any atom is 0.433 e. The van der Waals surface area contributed by atoms with Crippen LogP contribution in [0.5, 0.6) is 0 Å². The molecule has 0 atom stereocenters. The summed E-state index contributed by atoms with van der Waals surface area (Å²) in [6, 6.07) is 4.08. The zero-order valence-electron chi connectivity index (χ0n) is 18.4. The highest BCUT2D eigenvalue weighted by Gasteiger charge is 2.34. The summed E-state index contributed by atoms with van der Waals surface area (Å²) < 4.78 is 83.0. The summed E-state index contributed by atoms with van der Waals surface area (Å²) in [5.74, 6) is -4.28. The molecule has 2 aromatic carbocycles. The number of carbonyl (C=O) groups is 1. The minimum absolute atomic E-state index is 0.0175. The largest absolute Gasteiger partial charge is 0.433 e. The minimum atomic E-state index is -4.87. The Kier molecular flexibility index (Phi) is 6.65. The van der Waals surface area contributed by atoms with Crippen molar-refractivity contribution >= 4 is 45.7 Å². The Labute approximate surface area is 209 Å². The topological polar surface area (TPSA) is 59.8 Å². The Bertz CT molecular complexity index is 1510. The van der Waals surface area contributed by atoms with Crippen LogP contribution in [0.25, 0.3) is 10.9 Å². The van der Waals surface area contributed by atoms with Crippen LogP contribution in [-0.2, 0) is 12.7 Å². The van der Waals surface area contributed by atoms with Gasteiger partial charge in [-0.25, -0.2) is 18.2 Å². The fourth-order valence-electron chi connectivity index (χ4n) is 3.67. The van der Waals surface area contributed by atoms with Crippen LogP contribution in [0.4, 0.5) is 32.0 Å². The zero-order valence-corrected chi connectivity index (χ0v) is 19.9. The number of amides is 1. The number of hydrogen-bond donors (Lipinski definition) is 1. The van der Waals surface area contributed by atoms with E-state index >= 15 is 0 Å². The second-order valence-electron chi connectivity index (χ2n) is 7.84. The highest BCUT2D eigenvalue weighted by molar-refractivity contribution is 6.39. The van der Waals surface area contributed by atoms with Crippen molar-refractivity contribution in [1.29, 1.82) is 0 Å². The predicted octanol–water partition coefficient (Wildman–Crippen LogP) is 7.09. The van der Waals surface area contributed by atoms with E-state index in [4.69, 9.17) is 23.2 Å². The summed E-state index contributed by atoms with van der Waals surface area (Å²) in [7, 11) is 0. The van der Waals surface area contributed by atoms with E-state index in [1.807, 2.05) is 0 Å². The van der Waals surface area contributed by atoms with Crippen LogP contribution in [0, 0.1) is 31.3 Å². The van der Waals surface area contributed by atoms with Gasteiger partial charge in [0.25, 0.3) is 5.91 Å². The molecule has 4 rings (SSSR count). The number of carbonyl (C=O) groups excluding carboxylic acids is 1. The Hall–Kier alpha value is -3.31. The van der Waals surface area contributed by atoms with Crippen LogP contribution in [0.2, 0.25) is 10.0 Å². The van der Waals surface area contributed by atoms with Gasteiger partial charge in [0.2, 0.25) is 0 Å². The maximum absolute atomic E-state index is 14.1. The number of aromatic nitrogens is 3. The molecule has 2 aromatic heterocycles. The normalized spacial score (nSPS) is 11.8. The molecular formula is C23H14Cl2F6N4O. The van der Waals surface area contributed by atoms with Gasteiger partial charge in [0.1, 0.15) is 23.1 Å². The predicted molar refractivity (Wildman–Crippen MR) is 122 cm³/mol. The van der Waals surface area contributed by atoms with Gasteiger partial charge >= 0.3 is 6.18 Å². The Morgan fingerprint density at radius 3 is 2.28 bits per heavy atom. The number of nitrogens with one attached hydrogen (secondary N) is 1. The minimum Gasteiger partial charge on any atom is -0.319 e. The number of benzene rings is 2. The van der Waals surface area contributed by atoms with Gasteiger partial charge in [0, 0.05) is 28.1 Å². The first-order valence-electron chi connectivity index (χ1n) is 10.1. The molecule has 1 amide bonds. The van der Waals surface area contributed by atoms with Crippen LogP contribution < -0.4 is 5.32 Å². The number of nitrogens with zero attached hydrogens (tertiary/aromatic N) is 3. The number of anilines is 1. The average molecular weight is 547 g/mol. The molecule has 0 spiro atoms. The van der Waals surface area contributed by atoms with Crippen molar-refractivity contribution in [2.45, 2.75) is 26.6 Å². The lowest BCUT2D eigenvalue weighted by atomic mass is 10.1. The molecule has 36 heavy (non-hydrogen) atoms. The van der Waals surface area contributed by atoms with Crippen molar-refractivity contribution in [3.05, 3.63) is 86.0 Å². The Morgan fingerprint density at radius 2 is 1.67 bits per heavy atom. The first-order chi connectivity index (χ1) is 16.8. The van der Waals surface area contributed by atoms with E-state index in [0.717, 1.165) is 0 Å². The van der Waals surface area contributed by atoms with Gasteiger partial charge in [0.05, 0.1) is 39.7 Å². The third-order valence-corrected chi connectivity index (χ3v) is 5.91. The highest BCUT2D eigenvalue weighted by atomic mass is 35.5. The zero-order chi connectivity index (χ0) is 26.5. The average Bonchev–Trinajstić information content (AvgIpc) is 3.02. The molecule has 0 fully saturated rings. The van der Waals surface area contributed by atoms with Crippen molar-refractivity contribution in [3.8, 4) is 0 Å². The molecule has 188 valence electrons. The molecule has 0 aliphatic carbocycles. The van der Waals surface area contributed by atoms with Crippen LogP contribution in [0.15, 0.2) is 30.3 Å². The molecule has 0 unspecified atom stereocenters. The van der Waals surface area contributed by atoms with Crippen molar-refractivity contribution in [2.75, 3.05) is 5.32 Å². The quantitative estimate of drug-likeness (QED) is 0.278. The van der Waals surface area contributed by atoms with E-state index in [0.29, 0.717) is 18.2 Å². The van der Waals surface area contributed by atoms with Crippen LogP contribution >= 0.6 is 23.2 Å². The van der Waals surface area contributed by atoms with Crippen molar-refractivity contribution in [2.24, 2.45) is 0 Å². The van der Waals surface area contributed by atoms with Gasteiger partial charge in [-0.2, -0.15) is 18.3 Å². The molecule has 1 N–H and O–H groups in total. The van der Waals surface area contributed by atoms with Crippen molar-refractivity contribution in [1.82, 2.24) is 14.8 Å². The van der Waals surface area contributed by atoms with Crippen LogP contribution in [0.3, 0.4) is 0 Å². The summed E-state index contributed by atoms with van der Waals surface area (Å²) >= 11 is 12.0. The number of pyridine rings is 1. The van der Waals surface area contributed by atoms with Gasteiger partial charge in [0.15, 0.2) is 0 Å². The summed E-state index contributed by atoms with van der Waals surface area (Å²) in [5, 5.41) is 6.52. The second kappa shape index (κ2) is 9.29. The smallest absolute Gasteiger partial charge is 0.319 e. The first kappa shape index (κ1) is 25.8. The number of rotatable bonds is 4. The molecule has 0 radical (unpaired) electrons. The lowest BCUT2D eigenvalue weighted by molar-refractivity contribution is -0.140. The lowest BCUT2D eigenvalue weighted by Gasteiger charge is -2.13. The van der Waals surface area contributed by atoms with E-state index in [9.17, 15) is 31.1 Å². The molecule has 5 nitrogen and oxygen atoms in total. The number of halogens is 8. The van der Waals surface area contributed by atoms with Crippen LogP contribution in [0.1, 0.15) is 33.0 Å². The van der Waals surface area contributed by atoms with E-state index in [2.05, 4.69) is 15.4 Å². The molecule has 0 saturated carbocycles. The Balaban J connectivity index is 1.75. The molecule has 0 aliphatic rings. The van der Waals surface area contributed by atoms with E-state index in [-0.39, 0.29) is 38.0 Å². The standard InChI is InChI=1S/C23H14Cl2F6N4O/c1-9-20(10(2)35(34-9)8-15-17(27)5-12(26)6-18(15)28)33-22(36)14-7-19(23(29,30)31)32-21-13(14)3-11(24)4-16(21)25/h3-7H,8H2,1-2H3,(H,33,36). The maximum atomic E-state index is 14.1. The third-order valence-electron chi connectivity index (χ3n) is 5.40.